The number of nitrogens with one attached hydrogen (secondary N) is 2. The number of amides is 1. The van der Waals surface area contributed by atoms with Gasteiger partial charge in [-0.2, -0.15) is 0 Å². The van der Waals surface area contributed by atoms with Crippen LogP contribution in [0.15, 0.2) is 69.8 Å². The van der Waals surface area contributed by atoms with Crippen LogP contribution in [0.4, 0.5) is 5.13 Å². The Hall–Kier alpha value is -3.74. The maximum absolute atomic E-state index is 13.7. The third-order valence-corrected chi connectivity index (χ3v) is 8.26. The zero-order valence-corrected chi connectivity index (χ0v) is 23.4. The van der Waals surface area contributed by atoms with Crippen LogP contribution in [0.2, 0.25) is 0 Å². The Labute approximate surface area is 232 Å². The molecule has 206 valence electrons. The molecule has 0 fully saturated rings. The smallest absolute Gasteiger partial charge is 0.329 e. The van der Waals surface area contributed by atoms with Gasteiger partial charge < -0.3 is 24.9 Å². The van der Waals surface area contributed by atoms with Crippen molar-refractivity contribution in [1.82, 2.24) is 14.5 Å². The van der Waals surface area contributed by atoms with Gasteiger partial charge in [0.25, 0.3) is 0 Å². The van der Waals surface area contributed by atoms with Crippen molar-refractivity contribution in [3.8, 4) is 22.9 Å². The monoisotopic (exact) mass is 570 g/mol. The lowest BCUT2D eigenvalue weighted by Crippen LogP contribution is -2.35. The maximum atomic E-state index is 13.7. The summed E-state index contributed by atoms with van der Waals surface area (Å²) in [4.78, 5) is 33.8. The summed E-state index contributed by atoms with van der Waals surface area (Å²) in [7, 11) is 0.322. The van der Waals surface area contributed by atoms with Gasteiger partial charge in [0.15, 0.2) is 5.13 Å². The third kappa shape index (κ3) is 6.47. The number of imidazole rings is 1. The quantitative estimate of drug-likeness (QED) is 0.218. The Bertz CT molecular complexity index is 1480. The number of hydrogen-bond acceptors (Lipinski definition) is 8. The Morgan fingerprint density at radius 2 is 1.90 bits per heavy atom. The van der Waals surface area contributed by atoms with Gasteiger partial charge >= 0.3 is 5.69 Å². The number of anilines is 1. The van der Waals surface area contributed by atoms with Gasteiger partial charge in [-0.05, 0) is 29.8 Å². The lowest BCUT2D eigenvalue weighted by Gasteiger charge is -2.24. The SMILES string of the molecule is CCS(=O)c1csc(NC(=O)[C@H]([C@@H](C)c2ccccc2)n2c(O)c(-c3ccc(OCCOC)cc3)[nH]c2=O)n1. The number of nitrogens with zero attached hydrogens (tertiary/aromatic N) is 2. The van der Waals surface area contributed by atoms with E-state index in [0.29, 0.717) is 35.3 Å². The Morgan fingerprint density at radius 1 is 1.18 bits per heavy atom. The highest BCUT2D eigenvalue weighted by molar-refractivity contribution is 7.85. The standard InChI is InChI=1S/C27H30N4O6S2/c1-4-39(35)21-16-38-26(28-21)30-24(32)23(17(2)18-8-6-5-7-9-18)31-25(33)22(29-27(31)34)19-10-12-20(13-11-19)37-15-14-36-3/h5-13,16-17,23,33H,4,14-15H2,1-3H3,(H,29,34)(H,28,30,32)/t17-,23-,39?/m0/s1. The van der Waals surface area contributed by atoms with Crippen LogP contribution in [-0.4, -0.2) is 55.8 Å². The average Bonchev–Trinajstić information content (AvgIpc) is 3.53. The summed E-state index contributed by atoms with van der Waals surface area (Å²) in [5.74, 6) is -0.402. The van der Waals surface area contributed by atoms with E-state index in [0.717, 1.165) is 21.5 Å². The molecule has 4 rings (SSSR count). The van der Waals surface area contributed by atoms with E-state index in [9.17, 15) is 18.9 Å². The number of thiazole rings is 1. The summed E-state index contributed by atoms with van der Waals surface area (Å²) in [6.45, 7) is 4.42. The van der Waals surface area contributed by atoms with Crippen LogP contribution in [0.5, 0.6) is 11.6 Å². The van der Waals surface area contributed by atoms with Crippen molar-refractivity contribution in [2.24, 2.45) is 0 Å². The highest BCUT2D eigenvalue weighted by atomic mass is 32.2. The van der Waals surface area contributed by atoms with Gasteiger partial charge in [0.2, 0.25) is 11.8 Å². The van der Waals surface area contributed by atoms with Gasteiger partial charge in [0.05, 0.1) is 17.4 Å². The fourth-order valence-electron chi connectivity index (χ4n) is 4.11. The molecule has 0 aliphatic heterocycles. The summed E-state index contributed by atoms with van der Waals surface area (Å²) in [6.07, 6.45) is 0. The minimum absolute atomic E-state index is 0.177. The van der Waals surface area contributed by atoms with E-state index >= 15 is 0 Å². The molecule has 39 heavy (non-hydrogen) atoms. The number of H-pyrrole nitrogens is 1. The molecule has 10 nitrogen and oxygen atoms in total. The number of methoxy groups -OCH3 is 1. The van der Waals surface area contributed by atoms with Crippen LogP contribution >= 0.6 is 11.3 Å². The van der Waals surface area contributed by atoms with E-state index in [1.165, 1.54) is 0 Å². The molecule has 2 heterocycles. The van der Waals surface area contributed by atoms with E-state index in [4.69, 9.17) is 9.47 Å². The second-order valence-corrected chi connectivity index (χ2v) is 11.2. The van der Waals surface area contributed by atoms with Gasteiger partial charge in [-0.3, -0.25) is 9.00 Å². The zero-order chi connectivity index (χ0) is 27.9. The summed E-state index contributed by atoms with van der Waals surface area (Å²) >= 11 is 1.15. The molecule has 0 spiro atoms. The molecule has 3 N–H and O–H groups in total. The molecule has 0 radical (unpaired) electrons. The maximum Gasteiger partial charge on any atom is 0.329 e. The number of rotatable bonds is 12. The molecular weight excluding hydrogens is 540 g/mol. The zero-order valence-electron chi connectivity index (χ0n) is 21.7. The van der Waals surface area contributed by atoms with Crippen LogP contribution in [0.1, 0.15) is 31.4 Å². The lowest BCUT2D eigenvalue weighted by atomic mass is 9.92. The number of carbonyl (C=O) groups is 1. The molecule has 12 heteroatoms. The van der Waals surface area contributed by atoms with E-state index in [2.05, 4.69) is 15.3 Å². The number of aromatic hydroxyl groups is 1. The summed E-state index contributed by atoms with van der Waals surface area (Å²) in [6, 6.07) is 15.0. The van der Waals surface area contributed by atoms with Crippen molar-refractivity contribution >= 4 is 33.2 Å². The molecule has 4 aromatic rings. The number of ether oxygens (including phenoxy) is 2. The molecule has 1 unspecified atom stereocenters. The lowest BCUT2D eigenvalue weighted by molar-refractivity contribution is -0.120. The molecule has 0 aliphatic carbocycles. The van der Waals surface area contributed by atoms with E-state index < -0.39 is 34.4 Å². The van der Waals surface area contributed by atoms with Crippen molar-refractivity contribution in [2.45, 2.75) is 30.8 Å². The fourth-order valence-corrected chi connectivity index (χ4v) is 5.81. The second kappa shape index (κ2) is 12.9. The highest BCUT2D eigenvalue weighted by Gasteiger charge is 2.33. The van der Waals surface area contributed by atoms with Gasteiger partial charge in [-0.25, -0.2) is 14.3 Å². The first-order valence-electron chi connectivity index (χ1n) is 12.3. The summed E-state index contributed by atoms with van der Waals surface area (Å²) in [5.41, 5.74) is 0.880. The van der Waals surface area contributed by atoms with Crippen LogP contribution in [-0.2, 0) is 20.3 Å². The van der Waals surface area contributed by atoms with Crippen molar-refractivity contribution in [2.75, 3.05) is 31.4 Å². The van der Waals surface area contributed by atoms with Gasteiger partial charge in [0.1, 0.15) is 29.1 Å². The van der Waals surface area contributed by atoms with Crippen LogP contribution in [0.25, 0.3) is 11.3 Å². The first kappa shape index (κ1) is 28.3. The number of hydrogen-bond donors (Lipinski definition) is 3. The minimum atomic E-state index is -1.27. The fraction of sp³-hybridized carbons (Fsp3) is 0.296. The predicted molar refractivity (Wildman–Crippen MR) is 151 cm³/mol. The number of aromatic amines is 1. The molecule has 2 aromatic heterocycles. The Kier molecular flexibility index (Phi) is 9.33. The average molecular weight is 571 g/mol. The number of carbonyl (C=O) groups excluding carboxylic acids is 1. The predicted octanol–water partition coefficient (Wildman–Crippen LogP) is 4.14. The summed E-state index contributed by atoms with van der Waals surface area (Å²) < 4.78 is 23.8. The van der Waals surface area contributed by atoms with Crippen LogP contribution in [0.3, 0.4) is 0 Å². The van der Waals surface area contributed by atoms with Gasteiger partial charge in [0, 0.05) is 29.7 Å². The van der Waals surface area contributed by atoms with Crippen molar-refractivity contribution in [3.63, 3.8) is 0 Å². The van der Waals surface area contributed by atoms with E-state index in [1.54, 1.807) is 43.7 Å². The second-order valence-electron chi connectivity index (χ2n) is 8.62. The highest BCUT2D eigenvalue weighted by Crippen LogP contribution is 2.36. The van der Waals surface area contributed by atoms with Crippen LogP contribution < -0.4 is 15.7 Å². The Balaban J connectivity index is 1.69. The van der Waals surface area contributed by atoms with Gasteiger partial charge in [-0.1, -0.05) is 44.2 Å². The van der Waals surface area contributed by atoms with E-state index in [1.807, 2.05) is 37.3 Å². The normalized spacial score (nSPS) is 13.5. The van der Waals surface area contributed by atoms with Crippen LogP contribution in [0, 0.1) is 0 Å². The summed E-state index contributed by atoms with van der Waals surface area (Å²) in [5, 5.41) is 16.3. The van der Waals surface area contributed by atoms with Crippen molar-refractivity contribution in [3.05, 3.63) is 76.0 Å². The topological polar surface area (TPSA) is 136 Å². The molecule has 3 atom stereocenters. The Morgan fingerprint density at radius 3 is 2.56 bits per heavy atom. The van der Waals surface area contributed by atoms with Crippen molar-refractivity contribution in [1.29, 1.82) is 0 Å². The number of aromatic nitrogens is 3. The first-order valence-corrected chi connectivity index (χ1v) is 14.5. The minimum Gasteiger partial charge on any atom is -0.493 e. The molecule has 1 amide bonds. The molecule has 0 bridgehead atoms. The molecule has 0 aliphatic rings. The molecular formula is C27H30N4O6S2. The largest absolute Gasteiger partial charge is 0.493 e. The number of benzene rings is 2. The van der Waals surface area contributed by atoms with E-state index in [-0.39, 0.29) is 16.7 Å². The first-order chi connectivity index (χ1) is 18.8. The van der Waals surface area contributed by atoms with Gasteiger partial charge in [-0.15, -0.1) is 11.3 Å². The van der Waals surface area contributed by atoms with Crippen molar-refractivity contribution < 1.29 is 23.6 Å². The third-order valence-electron chi connectivity index (χ3n) is 6.16. The molecule has 2 aromatic carbocycles. The molecule has 0 saturated carbocycles. The molecule has 0 saturated heterocycles.